The summed E-state index contributed by atoms with van der Waals surface area (Å²) >= 11 is 2.98. The van der Waals surface area contributed by atoms with Gasteiger partial charge in [-0.1, -0.05) is 15.9 Å². The molecule has 0 spiro atoms. The van der Waals surface area contributed by atoms with Crippen molar-refractivity contribution in [3.63, 3.8) is 0 Å². The summed E-state index contributed by atoms with van der Waals surface area (Å²) in [5.74, 6) is 0.587. The number of rotatable bonds is 4. The third-order valence-corrected chi connectivity index (χ3v) is 5.68. The second kappa shape index (κ2) is 3.64. The first-order chi connectivity index (χ1) is 5.49. The third kappa shape index (κ3) is 2.20. The predicted octanol–water partition coefficient (Wildman–Crippen LogP) is 1.40. The second-order valence-electron chi connectivity index (χ2n) is 3.32. The van der Waals surface area contributed by atoms with E-state index >= 15 is 0 Å². The Bertz CT molecular complexity index is 248. The molecule has 1 fully saturated rings. The lowest BCUT2D eigenvalue weighted by molar-refractivity contribution is 0.359. The highest BCUT2D eigenvalue weighted by atomic mass is 79.9. The Morgan fingerprint density at radius 2 is 2.08 bits per heavy atom. The highest BCUT2D eigenvalue weighted by molar-refractivity contribution is 9.10. The van der Waals surface area contributed by atoms with Crippen molar-refractivity contribution in [2.24, 2.45) is 5.92 Å². The fourth-order valence-electron chi connectivity index (χ4n) is 1.21. The quantitative estimate of drug-likeness (QED) is 0.713. The smallest absolute Gasteiger partial charge is 0.211 e. The molecule has 0 aromatic heterocycles. The first kappa shape index (κ1) is 10.5. The first-order valence-corrected chi connectivity index (χ1v) is 6.74. The van der Waals surface area contributed by atoms with Crippen molar-refractivity contribution in [3.8, 4) is 0 Å². The van der Waals surface area contributed by atoms with Crippen LogP contribution < -0.4 is 0 Å². The second-order valence-corrected chi connectivity index (χ2v) is 6.65. The Morgan fingerprint density at radius 1 is 1.58 bits per heavy atom. The minimum Gasteiger partial charge on any atom is -0.211 e. The molecule has 1 rings (SSSR count). The molecule has 0 radical (unpaired) electrons. The summed E-state index contributed by atoms with van der Waals surface area (Å²) in [5, 5.41) is 0. The van der Waals surface area contributed by atoms with Gasteiger partial charge in [-0.05, 0) is 25.7 Å². The number of nitrogens with zero attached hydrogens (tertiary/aromatic N) is 1. The van der Waals surface area contributed by atoms with Gasteiger partial charge in [-0.15, -0.1) is 0 Å². The average molecular weight is 256 g/mol. The van der Waals surface area contributed by atoms with Crippen LogP contribution in [0.5, 0.6) is 0 Å². The fraction of sp³-hybridized carbons (Fsp3) is 1.00. The van der Waals surface area contributed by atoms with Crippen molar-refractivity contribution in [2.75, 3.05) is 11.7 Å². The summed E-state index contributed by atoms with van der Waals surface area (Å²) in [4.78, 5) is 0. The van der Waals surface area contributed by atoms with Crippen LogP contribution in [0.15, 0.2) is 0 Å². The van der Waals surface area contributed by atoms with Crippen LogP contribution in [0.1, 0.15) is 19.8 Å². The van der Waals surface area contributed by atoms with Crippen molar-refractivity contribution in [2.45, 2.75) is 25.8 Å². The van der Waals surface area contributed by atoms with Gasteiger partial charge < -0.3 is 0 Å². The maximum atomic E-state index is 11.4. The van der Waals surface area contributed by atoms with Gasteiger partial charge in [0.1, 0.15) is 4.66 Å². The van der Waals surface area contributed by atoms with Gasteiger partial charge in [0.05, 0.1) is 0 Å². The highest BCUT2D eigenvalue weighted by Crippen LogP contribution is 2.35. The molecule has 1 aliphatic rings. The number of hydrogen-bond acceptors (Lipinski definition) is 2. The molecule has 1 saturated carbocycles. The molecule has 0 bridgehead atoms. The topological polar surface area (TPSA) is 37.4 Å². The highest BCUT2D eigenvalue weighted by Gasteiger charge is 2.34. The van der Waals surface area contributed by atoms with Gasteiger partial charge >= 0.3 is 0 Å². The van der Waals surface area contributed by atoms with Crippen LogP contribution >= 0.6 is 15.9 Å². The molecule has 0 aliphatic heterocycles. The van der Waals surface area contributed by atoms with Gasteiger partial charge in [0, 0.05) is 13.1 Å². The molecular weight excluding hydrogens is 242 g/mol. The summed E-state index contributed by atoms with van der Waals surface area (Å²) in [6.45, 7) is 1.97. The summed E-state index contributed by atoms with van der Waals surface area (Å²) in [6, 6.07) is 0.160. The molecule has 3 nitrogen and oxygen atoms in total. The van der Waals surface area contributed by atoms with Crippen molar-refractivity contribution in [1.29, 1.82) is 0 Å². The lowest BCUT2D eigenvalue weighted by Crippen LogP contribution is -2.36. The van der Waals surface area contributed by atoms with E-state index in [0.29, 0.717) is 5.92 Å². The zero-order valence-corrected chi connectivity index (χ0v) is 9.73. The Balaban J connectivity index is 2.62. The largest absolute Gasteiger partial charge is 0.224 e. The van der Waals surface area contributed by atoms with Gasteiger partial charge in [-0.3, -0.25) is 0 Å². The Kier molecular flexibility index (Phi) is 3.17. The summed E-state index contributed by atoms with van der Waals surface area (Å²) in [6.07, 6.45) is 2.34. The van der Waals surface area contributed by atoms with Crippen molar-refractivity contribution in [1.82, 2.24) is 4.31 Å². The maximum absolute atomic E-state index is 11.4. The Labute approximate surface area is 82.3 Å². The Hall–Kier alpha value is 0.390. The van der Waals surface area contributed by atoms with Gasteiger partial charge in [0.25, 0.3) is 0 Å². The van der Waals surface area contributed by atoms with E-state index in [0.717, 1.165) is 0 Å². The fourth-order valence-corrected chi connectivity index (χ4v) is 3.01. The van der Waals surface area contributed by atoms with Crippen LogP contribution in [-0.4, -0.2) is 30.5 Å². The van der Waals surface area contributed by atoms with Gasteiger partial charge in [0.15, 0.2) is 0 Å². The van der Waals surface area contributed by atoms with Crippen LogP contribution in [0.3, 0.4) is 0 Å². The number of hydrogen-bond donors (Lipinski definition) is 0. The molecule has 72 valence electrons. The molecule has 0 aromatic rings. The SMILES string of the molecule is CC(C1CC1)N(C)S(=O)(=O)CBr. The van der Waals surface area contributed by atoms with Crippen LogP contribution in [0.25, 0.3) is 0 Å². The molecule has 0 heterocycles. The van der Waals surface area contributed by atoms with Gasteiger partial charge in [0.2, 0.25) is 10.0 Å². The standard InChI is InChI=1S/C7H14BrNO2S/c1-6(7-3-4-7)9(2)12(10,11)5-8/h6-7H,3-5H2,1-2H3. The molecular formula is C7H14BrNO2S. The van der Waals surface area contributed by atoms with Crippen LogP contribution in [0.4, 0.5) is 0 Å². The molecule has 0 N–H and O–H groups in total. The number of alkyl halides is 1. The third-order valence-electron chi connectivity index (χ3n) is 2.45. The maximum Gasteiger partial charge on any atom is 0.224 e. The van der Waals surface area contributed by atoms with E-state index < -0.39 is 10.0 Å². The lowest BCUT2D eigenvalue weighted by atomic mass is 10.2. The molecule has 1 atom stereocenters. The minimum absolute atomic E-state index is 0.0214. The van der Waals surface area contributed by atoms with E-state index in [1.165, 1.54) is 17.1 Å². The Morgan fingerprint density at radius 3 is 2.42 bits per heavy atom. The summed E-state index contributed by atoms with van der Waals surface area (Å²) < 4.78 is 24.2. The zero-order chi connectivity index (χ0) is 9.35. The molecule has 1 aliphatic carbocycles. The van der Waals surface area contributed by atoms with Crippen LogP contribution in [-0.2, 0) is 10.0 Å². The molecule has 5 heteroatoms. The van der Waals surface area contributed by atoms with Gasteiger partial charge in [-0.2, -0.15) is 0 Å². The zero-order valence-electron chi connectivity index (χ0n) is 7.33. The number of sulfonamides is 1. The van der Waals surface area contributed by atoms with E-state index in [1.807, 2.05) is 6.92 Å². The summed E-state index contributed by atoms with van der Waals surface area (Å²) in [7, 11) is -1.40. The normalized spacial score (nSPS) is 21.3. The predicted molar refractivity (Wildman–Crippen MR) is 52.7 cm³/mol. The monoisotopic (exact) mass is 255 g/mol. The number of halogens is 1. The molecule has 0 saturated heterocycles. The molecule has 12 heavy (non-hydrogen) atoms. The molecule has 1 unspecified atom stereocenters. The summed E-state index contributed by atoms with van der Waals surface area (Å²) in [5.41, 5.74) is 0. The van der Waals surface area contributed by atoms with Crippen molar-refractivity contribution in [3.05, 3.63) is 0 Å². The van der Waals surface area contributed by atoms with E-state index in [2.05, 4.69) is 15.9 Å². The molecule has 0 aromatic carbocycles. The van der Waals surface area contributed by atoms with Crippen molar-refractivity contribution < 1.29 is 8.42 Å². The van der Waals surface area contributed by atoms with Crippen LogP contribution in [0.2, 0.25) is 0 Å². The van der Waals surface area contributed by atoms with E-state index in [9.17, 15) is 8.42 Å². The molecule has 0 amide bonds. The van der Waals surface area contributed by atoms with Crippen LogP contribution in [0, 0.1) is 5.92 Å². The van der Waals surface area contributed by atoms with E-state index in [-0.39, 0.29) is 10.7 Å². The first-order valence-electron chi connectivity index (χ1n) is 4.00. The minimum atomic E-state index is -3.05. The van der Waals surface area contributed by atoms with E-state index in [1.54, 1.807) is 7.05 Å². The van der Waals surface area contributed by atoms with Crippen molar-refractivity contribution >= 4 is 26.0 Å². The average Bonchev–Trinajstić information content (AvgIpc) is 2.84. The lowest BCUT2D eigenvalue weighted by Gasteiger charge is -2.22. The van der Waals surface area contributed by atoms with Gasteiger partial charge in [-0.25, -0.2) is 12.7 Å². The van der Waals surface area contributed by atoms with E-state index in [4.69, 9.17) is 0 Å².